The van der Waals surface area contributed by atoms with Crippen LogP contribution in [0.3, 0.4) is 0 Å². The zero-order chi connectivity index (χ0) is 18.7. The Morgan fingerprint density at radius 1 is 1.28 bits per heavy atom. The lowest BCUT2D eigenvalue weighted by Crippen LogP contribution is -2.44. The Morgan fingerprint density at radius 3 is 2.44 bits per heavy atom. The highest BCUT2D eigenvalue weighted by Crippen LogP contribution is 2.26. The van der Waals surface area contributed by atoms with Gasteiger partial charge in [-0.2, -0.15) is 22.7 Å². The molecular formula is C15H16F3N3O3S. The fraction of sp³-hybridized carbons (Fsp3) is 0.467. The van der Waals surface area contributed by atoms with Crippen molar-refractivity contribution < 1.29 is 26.4 Å². The second-order valence-electron chi connectivity index (χ2n) is 5.62. The lowest BCUT2D eigenvalue weighted by Gasteiger charge is -2.30. The van der Waals surface area contributed by atoms with E-state index in [4.69, 9.17) is 5.26 Å². The maximum atomic E-state index is 12.6. The number of piperidine rings is 1. The molecule has 10 heteroatoms. The average Bonchev–Trinajstić information content (AvgIpc) is 2.59. The molecule has 1 saturated heterocycles. The minimum atomic E-state index is -4.49. The monoisotopic (exact) mass is 375 g/mol. The first kappa shape index (κ1) is 19.2. The first-order chi connectivity index (χ1) is 11.6. The van der Waals surface area contributed by atoms with E-state index in [9.17, 15) is 26.4 Å². The molecule has 0 aliphatic carbocycles. The van der Waals surface area contributed by atoms with Crippen LogP contribution in [0.15, 0.2) is 29.2 Å². The normalized spacial score (nSPS) is 17.0. The molecule has 1 fully saturated rings. The Morgan fingerprint density at radius 2 is 1.88 bits per heavy atom. The highest BCUT2D eigenvalue weighted by atomic mass is 32.2. The van der Waals surface area contributed by atoms with E-state index in [0.717, 1.165) is 4.31 Å². The van der Waals surface area contributed by atoms with Crippen LogP contribution in [0.4, 0.5) is 13.2 Å². The maximum absolute atomic E-state index is 12.6. The Hall–Kier alpha value is -2.12. The number of hydrogen-bond donors (Lipinski definition) is 1. The lowest BCUT2D eigenvalue weighted by atomic mass is 9.97. The van der Waals surface area contributed by atoms with Crippen LogP contribution in [0.1, 0.15) is 18.4 Å². The van der Waals surface area contributed by atoms with Crippen molar-refractivity contribution in [1.82, 2.24) is 9.62 Å². The van der Waals surface area contributed by atoms with Crippen LogP contribution in [0, 0.1) is 17.2 Å². The Labute approximate surface area is 143 Å². The summed E-state index contributed by atoms with van der Waals surface area (Å²) in [6.45, 7) is -1.39. The van der Waals surface area contributed by atoms with E-state index in [1.54, 1.807) is 6.07 Å². The number of nitrogens with zero attached hydrogens (tertiary/aromatic N) is 2. The third-order valence-corrected chi connectivity index (χ3v) is 5.87. The number of alkyl halides is 3. The molecule has 1 aliphatic rings. The summed E-state index contributed by atoms with van der Waals surface area (Å²) in [5, 5.41) is 10.9. The molecule has 1 aromatic carbocycles. The molecule has 2 rings (SSSR count). The summed E-state index contributed by atoms with van der Waals surface area (Å²) in [7, 11) is -3.89. The summed E-state index contributed by atoms with van der Waals surface area (Å²) in [6, 6.07) is 7.60. The first-order valence-electron chi connectivity index (χ1n) is 7.49. The van der Waals surface area contributed by atoms with Crippen molar-refractivity contribution in [2.45, 2.75) is 23.9 Å². The van der Waals surface area contributed by atoms with Crippen molar-refractivity contribution in [3.63, 3.8) is 0 Å². The fourth-order valence-corrected chi connectivity index (χ4v) is 4.22. The van der Waals surface area contributed by atoms with E-state index in [1.165, 1.54) is 18.2 Å². The summed E-state index contributed by atoms with van der Waals surface area (Å²) in [4.78, 5) is 11.6. The third-order valence-electron chi connectivity index (χ3n) is 3.91. The summed E-state index contributed by atoms with van der Waals surface area (Å²) in [5.41, 5.74) is 0.0209. The zero-order valence-corrected chi connectivity index (χ0v) is 13.9. The van der Waals surface area contributed by atoms with Crippen LogP contribution in [0.25, 0.3) is 0 Å². The second-order valence-corrected chi connectivity index (χ2v) is 7.53. The zero-order valence-electron chi connectivity index (χ0n) is 13.1. The molecule has 136 valence electrons. The lowest BCUT2D eigenvalue weighted by molar-refractivity contribution is -0.141. The van der Waals surface area contributed by atoms with E-state index in [2.05, 4.69) is 0 Å². The predicted octanol–water partition coefficient (Wildman–Crippen LogP) is 1.64. The molecule has 6 nitrogen and oxygen atoms in total. The predicted molar refractivity (Wildman–Crippen MR) is 81.7 cm³/mol. The molecule has 0 radical (unpaired) electrons. The van der Waals surface area contributed by atoms with Crippen LogP contribution in [-0.2, 0) is 14.8 Å². The van der Waals surface area contributed by atoms with Gasteiger partial charge in [0.2, 0.25) is 15.9 Å². The van der Waals surface area contributed by atoms with Crippen molar-refractivity contribution in [1.29, 1.82) is 5.26 Å². The van der Waals surface area contributed by atoms with Gasteiger partial charge in [-0.25, -0.2) is 8.42 Å². The molecule has 0 spiro atoms. The van der Waals surface area contributed by atoms with Crippen LogP contribution in [0.5, 0.6) is 0 Å². The van der Waals surface area contributed by atoms with Gasteiger partial charge in [-0.05, 0) is 25.0 Å². The standard InChI is InChI=1S/C15H16F3N3O3S/c16-15(17,18)10-20-14(22)11-5-7-21(8-6-11)25(23,24)13-4-2-1-3-12(13)9-19/h1-4,11H,5-8,10H2,(H,20,22). The van der Waals surface area contributed by atoms with E-state index < -0.39 is 34.6 Å². The van der Waals surface area contributed by atoms with Crippen molar-refractivity contribution in [3.8, 4) is 6.07 Å². The molecule has 1 aromatic rings. The van der Waals surface area contributed by atoms with Gasteiger partial charge in [0.05, 0.1) is 10.5 Å². The number of amides is 1. The van der Waals surface area contributed by atoms with Crippen LogP contribution >= 0.6 is 0 Å². The number of sulfonamides is 1. The number of halogens is 3. The number of carbonyl (C=O) groups excluding carboxylic acids is 1. The number of rotatable bonds is 4. The number of nitrogens with one attached hydrogen (secondary N) is 1. The number of benzene rings is 1. The van der Waals surface area contributed by atoms with Gasteiger partial charge >= 0.3 is 6.18 Å². The summed E-state index contributed by atoms with van der Waals surface area (Å²) < 4.78 is 62.8. The van der Waals surface area contributed by atoms with E-state index in [-0.39, 0.29) is 36.4 Å². The SMILES string of the molecule is N#Cc1ccccc1S(=O)(=O)N1CCC(C(=O)NCC(F)(F)F)CC1. The van der Waals surface area contributed by atoms with E-state index >= 15 is 0 Å². The Balaban J connectivity index is 2.02. The molecule has 25 heavy (non-hydrogen) atoms. The van der Waals surface area contributed by atoms with Gasteiger partial charge < -0.3 is 5.32 Å². The smallest absolute Gasteiger partial charge is 0.347 e. The molecule has 1 N–H and O–H groups in total. The molecule has 0 aromatic heterocycles. The fourth-order valence-electron chi connectivity index (χ4n) is 2.61. The summed E-state index contributed by atoms with van der Waals surface area (Å²) >= 11 is 0. The average molecular weight is 375 g/mol. The molecule has 1 heterocycles. The summed E-state index contributed by atoms with van der Waals surface area (Å²) in [5.74, 6) is -1.40. The third kappa shape index (κ3) is 4.70. The second kappa shape index (κ2) is 7.41. The van der Waals surface area contributed by atoms with E-state index in [0.29, 0.717) is 0 Å². The molecule has 0 saturated carbocycles. The van der Waals surface area contributed by atoms with Gasteiger partial charge in [-0.15, -0.1) is 0 Å². The number of nitriles is 1. The minimum Gasteiger partial charge on any atom is -0.347 e. The highest BCUT2D eigenvalue weighted by molar-refractivity contribution is 7.89. The van der Waals surface area contributed by atoms with Crippen LogP contribution in [0.2, 0.25) is 0 Å². The molecule has 0 unspecified atom stereocenters. The first-order valence-corrected chi connectivity index (χ1v) is 8.93. The van der Waals surface area contributed by atoms with Gasteiger partial charge in [0.25, 0.3) is 0 Å². The van der Waals surface area contributed by atoms with Gasteiger partial charge in [0.15, 0.2) is 0 Å². The van der Waals surface area contributed by atoms with Crippen molar-refractivity contribution in [2.24, 2.45) is 5.92 Å². The molecule has 0 atom stereocenters. The molecule has 0 bridgehead atoms. The number of hydrogen-bond acceptors (Lipinski definition) is 4. The van der Waals surface area contributed by atoms with Gasteiger partial charge in [0, 0.05) is 19.0 Å². The highest BCUT2D eigenvalue weighted by Gasteiger charge is 2.34. The quantitative estimate of drug-likeness (QED) is 0.866. The van der Waals surface area contributed by atoms with Crippen molar-refractivity contribution >= 4 is 15.9 Å². The van der Waals surface area contributed by atoms with Gasteiger partial charge in [0.1, 0.15) is 12.6 Å². The van der Waals surface area contributed by atoms with Gasteiger partial charge in [-0.3, -0.25) is 4.79 Å². The van der Waals surface area contributed by atoms with Gasteiger partial charge in [-0.1, -0.05) is 12.1 Å². The van der Waals surface area contributed by atoms with Crippen LogP contribution in [-0.4, -0.2) is 44.4 Å². The Kier molecular flexibility index (Phi) is 5.69. The molecule has 1 amide bonds. The van der Waals surface area contributed by atoms with Crippen LogP contribution < -0.4 is 5.32 Å². The number of carbonyl (C=O) groups is 1. The minimum absolute atomic E-state index is 0.00615. The van der Waals surface area contributed by atoms with Crippen molar-refractivity contribution in [2.75, 3.05) is 19.6 Å². The topological polar surface area (TPSA) is 90.3 Å². The maximum Gasteiger partial charge on any atom is 0.405 e. The van der Waals surface area contributed by atoms with Crippen molar-refractivity contribution in [3.05, 3.63) is 29.8 Å². The molecular weight excluding hydrogens is 359 g/mol. The van der Waals surface area contributed by atoms with E-state index in [1.807, 2.05) is 11.4 Å². The largest absolute Gasteiger partial charge is 0.405 e. The molecule has 1 aliphatic heterocycles. The Bertz CT molecular complexity index is 779. The summed E-state index contributed by atoms with van der Waals surface area (Å²) in [6.07, 6.45) is -4.24.